The molecule has 1 amide bonds. The van der Waals surface area contributed by atoms with E-state index in [0.29, 0.717) is 13.0 Å². The van der Waals surface area contributed by atoms with Gasteiger partial charge in [-0.3, -0.25) is 9.89 Å². The van der Waals surface area contributed by atoms with E-state index < -0.39 is 0 Å². The Balaban J connectivity index is 1.66. The van der Waals surface area contributed by atoms with E-state index in [2.05, 4.69) is 28.3 Å². The number of terminal acetylenes is 1. The van der Waals surface area contributed by atoms with E-state index in [9.17, 15) is 4.79 Å². The highest BCUT2D eigenvalue weighted by atomic mass is 16.2. The number of rotatable bonds is 3. The maximum atomic E-state index is 11.8. The number of likely N-dealkylation sites (tertiary alicyclic amines) is 1. The minimum Gasteiger partial charge on any atom is -0.341 e. The topological polar surface area (TPSA) is 49.0 Å². The number of H-pyrrole nitrogens is 1. The van der Waals surface area contributed by atoms with E-state index in [4.69, 9.17) is 6.42 Å². The second-order valence-electron chi connectivity index (χ2n) is 4.95. The molecule has 2 aromatic rings. The third-order valence-electron chi connectivity index (χ3n) is 3.63. The molecule has 0 saturated carbocycles. The molecule has 96 valence electrons. The molecule has 1 fully saturated rings. The molecule has 1 atom stereocenters. The van der Waals surface area contributed by atoms with E-state index in [1.54, 1.807) is 0 Å². The van der Waals surface area contributed by atoms with Gasteiger partial charge in [0.25, 0.3) is 0 Å². The Morgan fingerprint density at radius 3 is 3.21 bits per heavy atom. The molecule has 0 bridgehead atoms. The number of amides is 1. The highest BCUT2D eigenvalue weighted by Gasteiger charge is 2.27. The summed E-state index contributed by atoms with van der Waals surface area (Å²) in [6, 6.07) is 6.20. The van der Waals surface area contributed by atoms with Crippen LogP contribution in [0, 0.1) is 18.3 Å². The molecule has 4 nitrogen and oxygen atoms in total. The maximum Gasteiger partial charge on any atom is 0.223 e. The van der Waals surface area contributed by atoms with Crippen molar-refractivity contribution in [3.63, 3.8) is 0 Å². The van der Waals surface area contributed by atoms with Crippen LogP contribution in [0.4, 0.5) is 0 Å². The predicted molar refractivity (Wildman–Crippen MR) is 73.3 cm³/mol. The van der Waals surface area contributed by atoms with E-state index in [-0.39, 0.29) is 11.8 Å². The number of aromatic nitrogens is 2. The summed E-state index contributed by atoms with van der Waals surface area (Å²) in [6.07, 6.45) is 8.54. The van der Waals surface area contributed by atoms with Crippen LogP contribution >= 0.6 is 0 Å². The Bertz CT molecular complexity index is 653. The molecule has 0 aliphatic carbocycles. The van der Waals surface area contributed by atoms with Crippen LogP contribution in [0.1, 0.15) is 12.0 Å². The van der Waals surface area contributed by atoms with Crippen molar-refractivity contribution in [3.05, 3.63) is 30.0 Å². The van der Waals surface area contributed by atoms with Gasteiger partial charge >= 0.3 is 0 Å². The molecule has 3 rings (SSSR count). The van der Waals surface area contributed by atoms with Crippen LogP contribution in [-0.4, -0.2) is 34.1 Å². The Kier molecular flexibility index (Phi) is 2.96. The van der Waals surface area contributed by atoms with Crippen molar-refractivity contribution in [3.8, 4) is 12.3 Å². The summed E-state index contributed by atoms with van der Waals surface area (Å²) < 4.78 is 0. The van der Waals surface area contributed by atoms with E-state index in [1.807, 2.05) is 17.2 Å². The lowest BCUT2D eigenvalue weighted by atomic mass is 10.1. The number of fused-ring (bicyclic) bond motifs is 1. The fourth-order valence-corrected chi connectivity index (χ4v) is 2.51. The van der Waals surface area contributed by atoms with Gasteiger partial charge in [0.2, 0.25) is 5.91 Å². The fourth-order valence-electron chi connectivity index (χ4n) is 2.51. The average molecular weight is 253 g/mol. The van der Waals surface area contributed by atoms with Crippen molar-refractivity contribution in [2.45, 2.75) is 12.8 Å². The zero-order valence-corrected chi connectivity index (χ0v) is 10.6. The summed E-state index contributed by atoms with van der Waals surface area (Å²) >= 11 is 0. The van der Waals surface area contributed by atoms with E-state index in [1.165, 1.54) is 5.56 Å². The molecular weight excluding hydrogens is 238 g/mol. The van der Waals surface area contributed by atoms with Gasteiger partial charge < -0.3 is 4.90 Å². The summed E-state index contributed by atoms with van der Waals surface area (Å²) in [5.74, 6) is 2.93. The predicted octanol–water partition coefficient (Wildman–Crippen LogP) is 1.59. The molecule has 4 heteroatoms. The van der Waals surface area contributed by atoms with Crippen LogP contribution in [-0.2, 0) is 11.2 Å². The summed E-state index contributed by atoms with van der Waals surface area (Å²) in [4.78, 5) is 13.6. The molecule has 2 heterocycles. The molecule has 1 aliphatic rings. The molecule has 1 saturated heterocycles. The third kappa shape index (κ3) is 2.32. The smallest absolute Gasteiger partial charge is 0.223 e. The van der Waals surface area contributed by atoms with Crippen LogP contribution in [0.3, 0.4) is 0 Å². The second kappa shape index (κ2) is 4.77. The molecule has 1 N–H and O–H groups in total. The highest BCUT2D eigenvalue weighted by molar-refractivity contribution is 5.79. The molecule has 1 unspecified atom stereocenters. The number of nitrogens with zero attached hydrogens (tertiary/aromatic N) is 2. The number of nitrogens with one attached hydrogen (secondary N) is 1. The van der Waals surface area contributed by atoms with Gasteiger partial charge in [0.05, 0.1) is 11.7 Å². The van der Waals surface area contributed by atoms with Crippen molar-refractivity contribution < 1.29 is 4.79 Å². The molecule has 1 aromatic heterocycles. The Hall–Kier alpha value is -2.28. The third-order valence-corrected chi connectivity index (χ3v) is 3.63. The van der Waals surface area contributed by atoms with Crippen molar-refractivity contribution in [2.24, 2.45) is 5.92 Å². The molecule has 19 heavy (non-hydrogen) atoms. The second-order valence-corrected chi connectivity index (χ2v) is 4.95. The number of carbonyl (C=O) groups excluding carboxylic acids is 1. The summed E-state index contributed by atoms with van der Waals surface area (Å²) in [5.41, 5.74) is 2.25. The largest absolute Gasteiger partial charge is 0.341 e. The fraction of sp³-hybridized carbons (Fsp3) is 0.333. The molecule has 0 spiro atoms. The summed E-state index contributed by atoms with van der Waals surface area (Å²) in [5, 5.41) is 8.03. The number of benzene rings is 1. The average Bonchev–Trinajstić information content (AvgIpc) is 3.02. The van der Waals surface area contributed by atoms with E-state index >= 15 is 0 Å². The van der Waals surface area contributed by atoms with Crippen molar-refractivity contribution >= 4 is 16.8 Å². The number of hydrogen-bond donors (Lipinski definition) is 1. The Morgan fingerprint density at radius 1 is 1.53 bits per heavy atom. The first-order valence-corrected chi connectivity index (χ1v) is 6.42. The van der Waals surface area contributed by atoms with E-state index in [0.717, 1.165) is 23.9 Å². The SMILES string of the molecule is C#CC1CC(=O)N(CCc2ccc3[nH]ncc3c2)C1. The minimum absolute atomic E-state index is 0.0869. The van der Waals surface area contributed by atoms with Gasteiger partial charge in [-0.2, -0.15) is 5.10 Å². The van der Waals surface area contributed by atoms with Crippen LogP contribution < -0.4 is 0 Å². The lowest BCUT2D eigenvalue weighted by Gasteiger charge is -2.15. The molecular formula is C15H15N3O. The zero-order chi connectivity index (χ0) is 13.2. The van der Waals surface area contributed by atoms with Crippen LogP contribution in [0.2, 0.25) is 0 Å². The van der Waals surface area contributed by atoms with Crippen LogP contribution in [0.25, 0.3) is 10.9 Å². The van der Waals surface area contributed by atoms with Crippen LogP contribution in [0.5, 0.6) is 0 Å². The van der Waals surface area contributed by atoms with Gasteiger partial charge in [-0.25, -0.2) is 0 Å². The van der Waals surface area contributed by atoms with Gasteiger partial charge in [-0.05, 0) is 24.1 Å². The van der Waals surface area contributed by atoms with Crippen molar-refractivity contribution in [1.29, 1.82) is 0 Å². The lowest BCUT2D eigenvalue weighted by molar-refractivity contribution is -0.127. The summed E-state index contributed by atoms with van der Waals surface area (Å²) in [7, 11) is 0. The van der Waals surface area contributed by atoms with Gasteiger partial charge in [0.1, 0.15) is 0 Å². The number of carbonyl (C=O) groups is 1. The Labute approximate surface area is 111 Å². The quantitative estimate of drug-likeness (QED) is 0.844. The van der Waals surface area contributed by atoms with Crippen molar-refractivity contribution in [2.75, 3.05) is 13.1 Å². The molecule has 0 radical (unpaired) electrons. The molecule has 1 aliphatic heterocycles. The number of hydrogen-bond acceptors (Lipinski definition) is 2. The minimum atomic E-state index is 0.0869. The van der Waals surface area contributed by atoms with Crippen LogP contribution in [0.15, 0.2) is 24.4 Å². The highest BCUT2D eigenvalue weighted by Crippen LogP contribution is 2.18. The lowest BCUT2D eigenvalue weighted by Crippen LogP contribution is -2.27. The van der Waals surface area contributed by atoms with Gasteiger partial charge in [0, 0.05) is 30.8 Å². The Morgan fingerprint density at radius 2 is 2.42 bits per heavy atom. The molecule has 1 aromatic carbocycles. The first-order valence-electron chi connectivity index (χ1n) is 6.42. The first kappa shape index (κ1) is 11.8. The standard InChI is InChI=1S/C15H15N3O/c1-2-11-8-15(19)18(10-11)6-5-12-3-4-14-13(7-12)9-16-17-14/h1,3-4,7,9,11H,5-6,8,10H2,(H,16,17). The van der Waals surface area contributed by atoms with Gasteiger partial charge in [0.15, 0.2) is 0 Å². The van der Waals surface area contributed by atoms with Crippen molar-refractivity contribution in [1.82, 2.24) is 15.1 Å². The monoisotopic (exact) mass is 253 g/mol. The maximum absolute atomic E-state index is 11.8. The zero-order valence-electron chi connectivity index (χ0n) is 10.6. The normalized spacial score (nSPS) is 19.0. The number of aromatic amines is 1. The van der Waals surface area contributed by atoms with Gasteiger partial charge in [-0.15, -0.1) is 12.3 Å². The van der Waals surface area contributed by atoms with Gasteiger partial charge in [-0.1, -0.05) is 6.07 Å². The first-order chi connectivity index (χ1) is 9.26. The summed E-state index contributed by atoms with van der Waals surface area (Å²) in [6.45, 7) is 1.43.